The monoisotopic (exact) mass is 308 g/mol. The van der Waals surface area contributed by atoms with Crippen LogP contribution in [0.1, 0.15) is 18.2 Å². The number of aromatic nitrogens is 2. The van der Waals surface area contributed by atoms with Gasteiger partial charge in [0.25, 0.3) is 0 Å². The van der Waals surface area contributed by atoms with E-state index in [4.69, 9.17) is 23.8 Å². The first-order valence-electron chi connectivity index (χ1n) is 6.42. The van der Waals surface area contributed by atoms with Crippen molar-refractivity contribution >= 4 is 34.6 Å². The van der Waals surface area contributed by atoms with Gasteiger partial charge < -0.3 is 10.6 Å². The second-order valence-corrected chi connectivity index (χ2v) is 5.22. The highest BCUT2D eigenvalue weighted by Crippen LogP contribution is 2.15. The second-order valence-electron chi connectivity index (χ2n) is 4.40. The van der Waals surface area contributed by atoms with Gasteiger partial charge in [0, 0.05) is 18.4 Å². The minimum atomic E-state index is 0.504. The third-order valence-electron chi connectivity index (χ3n) is 2.92. The van der Waals surface area contributed by atoms with Crippen molar-refractivity contribution < 1.29 is 0 Å². The lowest BCUT2D eigenvalue weighted by Crippen LogP contribution is -2.28. The van der Waals surface area contributed by atoms with Crippen LogP contribution >= 0.6 is 23.8 Å². The first-order chi connectivity index (χ1) is 9.60. The predicted octanol–water partition coefficient (Wildman–Crippen LogP) is 3.35. The average molecular weight is 309 g/mol. The molecule has 0 spiro atoms. The number of halogens is 1. The maximum Gasteiger partial charge on any atom is 0.171 e. The average Bonchev–Trinajstić information content (AvgIpc) is 2.80. The van der Waals surface area contributed by atoms with Crippen LogP contribution in [0.2, 0.25) is 5.02 Å². The van der Waals surface area contributed by atoms with Crippen molar-refractivity contribution in [2.24, 2.45) is 0 Å². The Hall–Kier alpha value is -1.59. The number of thiocarbonyl (C=S) groups is 1. The van der Waals surface area contributed by atoms with Crippen LogP contribution in [0.5, 0.6) is 0 Å². The molecule has 0 radical (unpaired) electrons. The van der Waals surface area contributed by atoms with Gasteiger partial charge in [0.15, 0.2) is 5.11 Å². The first kappa shape index (κ1) is 14.8. The lowest BCUT2D eigenvalue weighted by Gasteiger charge is -2.11. The number of rotatable bonds is 4. The van der Waals surface area contributed by atoms with Crippen molar-refractivity contribution in [2.75, 3.05) is 5.32 Å². The zero-order chi connectivity index (χ0) is 14.5. The van der Waals surface area contributed by atoms with E-state index in [1.807, 2.05) is 44.3 Å². The molecule has 0 unspecified atom stereocenters. The fraction of sp³-hybridized carbons (Fsp3) is 0.286. The van der Waals surface area contributed by atoms with Gasteiger partial charge in [-0.15, -0.1) is 0 Å². The van der Waals surface area contributed by atoms with Crippen LogP contribution in [-0.4, -0.2) is 14.9 Å². The lowest BCUT2D eigenvalue weighted by molar-refractivity contribution is 0.643. The van der Waals surface area contributed by atoms with E-state index in [2.05, 4.69) is 15.7 Å². The van der Waals surface area contributed by atoms with Crippen molar-refractivity contribution in [3.63, 3.8) is 0 Å². The SMILES string of the molecule is CCn1cc(Cl)c(CNC(=S)Nc2ccccc2C)n1. The zero-order valence-corrected chi connectivity index (χ0v) is 13.1. The summed E-state index contributed by atoms with van der Waals surface area (Å²) in [4.78, 5) is 0. The Balaban J connectivity index is 1.92. The summed E-state index contributed by atoms with van der Waals surface area (Å²) in [5.41, 5.74) is 2.93. The molecule has 4 nitrogen and oxygen atoms in total. The van der Waals surface area contributed by atoms with Crippen molar-refractivity contribution in [1.82, 2.24) is 15.1 Å². The van der Waals surface area contributed by atoms with Gasteiger partial charge in [0.1, 0.15) is 5.69 Å². The highest BCUT2D eigenvalue weighted by molar-refractivity contribution is 7.80. The van der Waals surface area contributed by atoms with Crippen LogP contribution in [0.25, 0.3) is 0 Å². The van der Waals surface area contributed by atoms with Crippen LogP contribution in [0, 0.1) is 6.92 Å². The second kappa shape index (κ2) is 6.72. The van der Waals surface area contributed by atoms with Crippen molar-refractivity contribution in [3.8, 4) is 0 Å². The van der Waals surface area contributed by atoms with Crippen LogP contribution in [-0.2, 0) is 13.1 Å². The largest absolute Gasteiger partial charge is 0.357 e. The molecule has 0 bridgehead atoms. The summed E-state index contributed by atoms with van der Waals surface area (Å²) >= 11 is 11.4. The van der Waals surface area contributed by atoms with E-state index in [-0.39, 0.29) is 0 Å². The number of nitrogens with zero attached hydrogens (tertiary/aromatic N) is 2. The molecule has 1 aromatic heterocycles. The molecule has 0 saturated carbocycles. The molecule has 0 fully saturated rings. The van der Waals surface area contributed by atoms with Gasteiger partial charge in [-0.2, -0.15) is 5.10 Å². The fourth-order valence-electron chi connectivity index (χ4n) is 1.76. The summed E-state index contributed by atoms with van der Waals surface area (Å²) in [6.45, 7) is 5.35. The van der Waals surface area contributed by atoms with Gasteiger partial charge in [-0.25, -0.2) is 0 Å². The number of anilines is 1. The number of hydrogen-bond acceptors (Lipinski definition) is 2. The van der Waals surface area contributed by atoms with Crippen LogP contribution in [0.15, 0.2) is 30.5 Å². The minimum Gasteiger partial charge on any atom is -0.357 e. The molecule has 1 heterocycles. The van der Waals surface area contributed by atoms with Crippen molar-refractivity contribution in [1.29, 1.82) is 0 Å². The van der Waals surface area contributed by atoms with Crippen LogP contribution in [0.4, 0.5) is 5.69 Å². The number of nitrogens with one attached hydrogen (secondary N) is 2. The molecular formula is C14H17ClN4S. The van der Waals surface area contributed by atoms with Gasteiger partial charge in [-0.3, -0.25) is 4.68 Å². The Kier molecular flexibility index (Phi) is 4.98. The fourth-order valence-corrected chi connectivity index (χ4v) is 2.16. The smallest absolute Gasteiger partial charge is 0.171 e. The van der Waals surface area contributed by atoms with Gasteiger partial charge >= 0.3 is 0 Å². The Morgan fingerprint density at radius 3 is 2.80 bits per heavy atom. The highest BCUT2D eigenvalue weighted by atomic mass is 35.5. The predicted molar refractivity (Wildman–Crippen MR) is 87.2 cm³/mol. The Morgan fingerprint density at radius 1 is 1.40 bits per heavy atom. The molecule has 2 rings (SSSR count). The van der Waals surface area contributed by atoms with E-state index >= 15 is 0 Å². The molecule has 106 valence electrons. The van der Waals surface area contributed by atoms with E-state index in [0.717, 1.165) is 23.5 Å². The van der Waals surface area contributed by atoms with E-state index in [1.165, 1.54) is 0 Å². The van der Waals surface area contributed by atoms with E-state index < -0.39 is 0 Å². The molecule has 0 amide bonds. The van der Waals surface area contributed by atoms with Gasteiger partial charge in [0.2, 0.25) is 0 Å². The molecule has 2 aromatic rings. The molecule has 0 aliphatic heterocycles. The van der Waals surface area contributed by atoms with Crippen molar-refractivity contribution in [2.45, 2.75) is 26.9 Å². The van der Waals surface area contributed by atoms with Gasteiger partial charge in [0.05, 0.1) is 11.6 Å². The quantitative estimate of drug-likeness (QED) is 0.850. The number of hydrogen-bond donors (Lipinski definition) is 2. The summed E-state index contributed by atoms with van der Waals surface area (Å²) in [7, 11) is 0. The van der Waals surface area contributed by atoms with Crippen LogP contribution in [0.3, 0.4) is 0 Å². The molecule has 0 aliphatic rings. The topological polar surface area (TPSA) is 41.9 Å². The van der Waals surface area contributed by atoms with Gasteiger partial charge in [-0.1, -0.05) is 29.8 Å². The zero-order valence-electron chi connectivity index (χ0n) is 11.5. The first-order valence-corrected chi connectivity index (χ1v) is 7.21. The van der Waals surface area contributed by atoms with Crippen molar-refractivity contribution in [3.05, 3.63) is 46.7 Å². The summed E-state index contributed by atoms with van der Waals surface area (Å²) in [5, 5.41) is 11.8. The number of aryl methyl sites for hydroxylation is 2. The molecular weight excluding hydrogens is 292 g/mol. The molecule has 2 N–H and O–H groups in total. The number of para-hydroxylation sites is 1. The summed E-state index contributed by atoms with van der Waals surface area (Å²) < 4.78 is 1.80. The third-order valence-corrected chi connectivity index (χ3v) is 3.48. The summed E-state index contributed by atoms with van der Waals surface area (Å²) in [6, 6.07) is 7.98. The van der Waals surface area contributed by atoms with Gasteiger partial charge in [-0.05, 0) is 37.7 Å². The highest BCUT2D eigenvalue weighted by Gasteiger charge is 2.07. The molecule has 1 aromatic carbocycles. The standard InChI is InChI=1S/C14H17ClN4S/c1-3-19-9-11(15)13(18-19)8-16-14(20)17-12-7-5-4-6-10(12)2/h4-7,9H,3,8H2,1-2H3,(H2,16,17,20). The molecule has 0 aliphatic carbocycles. The maximum absolute atomic E-state index is 6.11. The Labute approximate surface area is 129 Å². The number of benzene rings is 1. The molecule has 0 saturated heterocycles. The van der Waals surface area contributed by atoms with E-state index in [9.17, 15) is 0 Å². The lowest BCUT2D eigenvalue weighted by atomic mass is 10.2. The minimum absolute atomic E-state index is 0.504. The van der Waals surface area contributed by atoms with E-state index in [1.54, 1.807) is 4.68 Å². The Morgan fingerprint density at radius 2 is 2.15 bits per heavy atom. The molecule has 20 heavy (non-hydrogen) atoms. The summed E-state index contributed by atoms with van der Waals surface area (Å²) in [6.07, 6.45) is 1.82. The molecule has 0 atom stereocenters. The van der Waals surface area contributed by atoms with E-state index in [0.29, 0.717) is 16.7 Å². The maximum atomic E-state index is 6.11. The van der Waals surface area contributed by atoms with Crippen LogP contribution < -0.4 is 10.6 Å². The summed E-state index contributed by atoms with van der Waals surface area (Å²) in [5.74, 6) is 0. The third kappa shape index (κ3) is 3.71. The Bertz CT molecular complexity index is 609. The molecule has 6 heteroatoms. The normalized spacial score (nSPS) is 10.3.